The van der Waals surface area contributed by atoms with Gasteiger partial charge in [-0.05, 0) is 49.4 Å². The van der Waals surface area contributed by atoms with Crippen LogP contribution in [-0.4, -0.2) is 51.5 Å². The average molecular weight is 383 g/mol. The molecule has 2 rings (SSSR count). The summed E-state index contributed by atoms with van der Waals surface area (Å²) < 4.78 is 32.2. The molecule has 26 heavy (non-hydrogen) atoms. The molecule has 1 fully saturated rings. The predicted molar refractivity (Wildman–Crippen MR) is 102 cm³/mol. The van der Waals surface area contributed by atoms with Crippen molar-refractivity contribution in [2.75, 3.05) is 32.8 Å². The highest BCUT2D eigenvalue weighted by Crippen LogP contribution is 2.20. The zero-order valence-corrected chi connectivity index (χ0v) is 16.6. The molecule has 0 aromatic heterocycles. The first-order valence-electron chi connectivity index (χ1n) is 9.37. The molecule has 0 bridgehead atoms. The topological polar surface area (TPSA) is 75.7 Å². The van der Waals surface area contributed by atoms with Gasteiger partial charge in [-0.1, -0.05) is 20.3 Å². The lowest BCUT2D eigenvalue weighted by molar-refractivity contribution is 0.0925. The Morgan fingerprint density at radius 3 is 2.42 bits per heavy atom. The number of carbonyl (C=O) groups is 1. The Morgan fingerprint density at radius 2 is 1.81 bits per heavy atom. The van der Waals surface area contributed by atoms with Crippen molar-refractivity contribution in [2.24, 2.45) is 5.92 Å². The number of nitrogens with one attached hydrogen (secondary N) is 1. The molecular weight excluding hydrogens is 352 g/mol. The van der Waals surface area contributed by atoms with Gasteiger partial charge in [0.2, 0.25) is 10.0 Å². The number of ether oxygens (including phenoxy) is 1. The Kier molecular flexibility index (Phi) is 8.06. The zero-order chi connectivity index (χ0) is 19.0. The molecule has 6 nitrogen and oxygen atoms in total. The summed E-state index contributed by atoms with van der Waals surface area (Å²) in [5.74, 6) is 0.306. The SMILES string of the molecule is CC(C)COCCCNC(=O)c1ccc(S(=O)(=O)N2CCCCC2)cc1. The third-order valence-corrected chi connectivity index (χ3v) is 6.18. The summed E-state index contributed by atoms with van der Waals surface area (Å²) in [6, 6.07) is 6.18. The highest BCUT2D eigenvalue weighted by Gasteiger charge is 2.25. The third-order valence-electron chi connectivity index (χ3n) is 4.27. The summed E-state index contributed by atoms with van der Waals surface area (Å²) in [5, 5.41) is 2.83. The van der Waals surface area contributed by atoms with Gasteiger partial charge in [0.05, 0.1) is 4.90 Å². The lowest BCUT2D eigenvalue weighted by atomic mass is 10.2. The molecule has 7 heteroatoms. The Labute approximate surface area is 157 Å². The van der Waals surface area contributed by atoms with Gasteiger partial charge in [-0.3, -0.25) is 4.79 Å². The van der Waals surface area contributed by atoms with Crippen LogP contribution in [0.4, 0.5) is 0 Å². The van der Waals surface area contributed by atoms with Crippen LogP contribution in [0, 0.1) is 5.92 Å². The van der Waals surface area contributed by atoms with E-state index in [1.807, 2.05) is 0 Å². The average Bonchev–Trinajstić information content (AvgIpc) is 2.65. The van der Waals surface area contributed by atoms with Crippen molar-refractivity contribution in [3.63, 3.8) is 0 Å². The maximum atomic E-state index is 12.6. The van der Waals surface area contributed by atoms with Crippen LogP contribution in [0.3, 0.4) is 0 Å². The standard InChI is InChI=1S/C19H30N2O4S/c1-16(2)15-25-14-6-11-20-19(22)17-7-9-18(10-8-17)26(23,24)21-12-4-3-5-13-21/h7-10,16H,3-6,11-15H2,1-2H3,(H,20,22). The molecule has 1 saturated heterocycles. The predicted octanol–water partition coefficient (Wildman–Crippen LogP) is 2.65. The van der Waals surface area contributed by atoms with E-state index in [1.54, 1.807) is 12.1 Å². The van der Waals surface area contributed by atoms with E-state index in [9.17, 15) is 13.2 Å². The Balaban J connectivity index is 1.83. The van der Waals surface area contributed by atoms with Gasteiger partial charge in [-0.25, -0.2) is 8.42 Å². The van der Waals surface area contributed by atoms with E-state index >= 15 is 0 Å². The van der Waals surface area contributed by atoms with Crippen LogP contribution < -0.4 is 5.32 Å². The summed E-state index contributed by atoms with van der Waals surface area (Å²) >= 11 is 0. The van der Waals surface area contributed by atoms with Gasteiger partial charge in [0.25, 0.3) is 5.91 Å². The molecule has 1 aliphatic heterocycles. The Bertz CT molecular complexity index is 665. The minimum Gasteiger partial charge on any atom is -0.381 e. The highest BCUT2D eigenvalue weighted by atomic mass is 32.2. The lowest BCUT2D eigenvalue weighted by Crippen LogP contribution is -2.35. The number of carbonyl (C=O) groups excluding carboxylic acids is 1. The Morgan fingerprint density at radius 1 is 1.15 bits per heavy atom. The maximum Gasteiger partial charge on any atom is 0.251 e. The van der Waals surface area contributed by atoms with Gasteiger partial charge in [0.15, 0.2) is 0 Å². The smallest absolute Gasteiger partial charge is 0.251 e. The lowest BCUT2D eigenvalue weighted by Gasteiger charge is -2.25. The van der Waals surface area contributed by atoms with Crippen LogP contribution in [0.5, 0.6) is 0 Å². The van der Waals surface area contributed by atoms with Gasteiger partial charge in [0, 0.05) is 38.4 Å². The quantitative estimate of drug-likeness (QED) is 0.666. The second-order valence-electron chi connectivity index (χ2n) is 7.07. The van der Waals surface area contributed by atoms with Gasteiger partial charge in [0.1, 0.15) is 0 Å². The van der Waals surface area contributed by atoms with Crippen molar-refractivity contribution in [1.82, 2.24) is 9.62 Å². The normalized spacial score (nSPS) is 16.0. The number of sulfonamides is 1. The van der Waals surface area contributed by atoms with E-state index in [-0.39, 0.29) is 10.8 Å². The number of amides is 1. The summed E-state index contributed by atoms with van der Waals surface area (Å²) in [7, 11) is -3.45. The van der Waals surface area contributed by atoms with E-state index in [0.29, 0.717) is 37.7 Å². The molecule has 0 aliphatic carbocycles. The van der Waals surface area contributed by atoms with Gasteiger partial charge in [-0.15, -0.1) is 0 Å². The van der Waals surface area contributed by atoms with Crippen LogP contribution in [0.1, 0.15) is 49.9 Å². The summed E-state index contributed by atoms with van der Waals surface area (Å²) in [4.78, 5) is 12.4. The molecule has 0 atom stereocenters. The van der Waals surface area contributed by atoms with Crippen molar-refractivity contribution in [2.45, 2.75) is 44.4 Å². The fourth-order valence-electron chi connectivity index (χ4n) is 2.83. The molecule has 1 N–H and O–H groups in total. The van der Waals surface area contributed by atoms with E-state index in [2.05, 4.69) is 19.2 Å². The van der Waals surface area contributed by atoms with E-state index in [1.165, 1.54) is 16.4 Å². The third kappa shape index (κ3) is 6.07. The second kappa shape index (κ2) is 10.0. The second-order valence-corrected chi connectivity index (χ2v) is 9.01. The highest BCUT2D eigenvalue weighted by molar-refractivity contribution is 7.89. The number of hydrogen-bond donors (Lipinski definition) is 1. The molecule has 1 aromatic carbocycles. The summed E-state index contributed by atoms with van der Waals surface area (Å²) in [6.45, 7) is 7.21. The molecule has 1 aromatic rings. The van der Waals surface area contributed by atoms with Crippen LogP contribution >= 0.6 is 0 Å². The van der Waals surface area contributed by atoms with Gasteiger partial charge >= 0.3 is 0 Å². The van der Waals surface area contributed by atoms with E-state index < -0.39 is 10.0 Å². The molecule has 1 heterocycles. The first kappa shape index (κ1) is 20.9. The van der Waals surface area contributed by atoms with E-state index in [4.69, 9.17) is 4.74 Å². The monoisotopic (exact) mass is 382 g/mol. The zero-order valence-electron chi connectivity index (χ0n) is 15.7. The van der Waals surface area contributed by atoms with Gasteiger partial charge < -0.3 is 10.1 Å². The van der Waals surface area contributed by atoms with Crippen LogP contribution in [0.2, 0.25) is 0 Å². The first-order valence-corrected chi connectivity index (χ1v) is 10.8. The number of piperidine rings is 1. The fourth-order valence-corrected chi connectivity index (χ4v) is 4.35. The van der Waals surface area contributed by atoms with Crippen LogP contribution in [-0.2, 0) is 14.8 Å². The molecule has 0 saturated carbocycles. The molecular formula is C19H30N2O4S. The van der Waals surface area contributed by atoms with Crippen molar-refractivity contribution in [3.05, 3.63) is 29.8 Å². The van der Waals surface area contributed by atoms with Crippen molar-refractivity contribution < 1.29 is 17.9 Å². The minimum atomic E-state index is -3.45. The molecule has 146 valence electrons. The Hall–Kier alpha value is -1.44. The van der Waals surface area contributed by atoms with Crippen LogP contribution in [0.25, 0.3) is 0 Å². The van der Waals surface area contributed by atoms with Crippen molar-refractivity contribution >= 4 is 15.9 Å². The molecule has 0 spiro atoms. The molecule has 0 unspecified atom stereocenters. The summed E-state index contributed by atoms with van der Waals surface area (Å²) in [6.07, 6.45) is 3.63. The van der Waals surface area contributed by atoms with Crippen molar-refractivity contribution in [3.8, 4) is 0 Å². The van der Waals surface area contributed by atoms with Gasteiger partial charge in [-0.2, -0.15) is 4.31 Å². The number of nitrogens with zero attached hydrogens (tertiary/aromatic N) is 1. The van der Waals surface area contributed by atoms with E-state index in [0.717, 1.165) is 32.3 Å². The summed E-state index contributed by atoms with van der Waals surface area (Å²) in [5.41, 5.74) is 0.464. The fraction of sp³-hybridized carbons (Fsp3) is 0.632. The van der Waals surface area contributed by atoms with Crippen molar-refractivity contribution in [1.29, 1.82) is 0 Å². The first-order chi connectivity index (χ1) is 12.4. The molecule has 1 aliphatic rings. The molecule has 0 radical (unpaired) electrons. The number of rotatable bonds is 9. The number of benzene rings is 1. The molecule has 1 amide bonds. The van der Waals surface area contributed by atoms with Crippen LogP contribution in [0.15, 0.2) is 29.2 Å². The maximum absolute atomic E-state index is 12.6. The largest absolute Gasteiger partial charge is 0.381 e. The number of hydrogen-bond acceptors (Lipinski definition) is 4. The minimum absolute atomic E-state index is 0.198.